The fraction of sp³-hybridized carbons (Fsp3) is 0.529. The molecule has 1 aliphatic rings. The third-order valence-corrected chi connectivity index (χ3v) is 4.14. The molecule has 0 radical (unpaired) electrons. The van der Waals surface area contributed by atoms with Gasteiger partial charge in [-0.05, 0) is 19.2 Å². The Labute approximate surface area is 141 Å². The van der Waals surface area contributed by atoms with Crippen molar-refractivity contribution in [1.29, 1.82) is 0 Å². The van der Waals surface area contributed by atoms with Gasteiger partial charge in [-0.2, -0.15) is 0 Å². The van der Waals surface area contributed by atoms with Crippen LogP contribution in [0.3, 0.4) is 0 Å². The average molecular weight is 337 g/mol. The maximum atomic E-state index is 13.5. The lowest BCUT2D eigenvalue weighted by Gasteiger charge is -2.39. The van der Waals surface area contributed by atoms with Crippen molar-refractivity contribution < 1.29 is 18.7 Å². The first-order valence-electron chi connectivity index (χ1n) is 7.96. The summed E-state index contributed by atoms with van der Waals surface area (Å²) in [5, 5.41) is 0. The highest BCUT2D eigenvalue weighted by atomic mass is 19.1. The number of ether oxygens (including phenoxy) is 1. The molecular formula is C17H24FN3O3. The van der Waals surface area contributed by atoms with Crippen molar-refractivity contribution in [2.45, 2.75) is 12.5 Å². The van der Waals surface area contributed by atoms with E-state index < -0.39 is 5.82 Å². The number of amides is 2. The smallest absolute Gasteiger partial charge is 0.241 e. The first-order valence-corrected chi connectivity index (χ1v) is 7.96. The first-order chi connectivity index (χ1) is 11.4. The molecule has 1 aromatic carbocycles. The van der Waals surface area contributed by atoms with E-state index in [9.17, 15) is 14.0 Å². The molecular weight excluding hydrogens is 313 g/mol. The van der Waals surface area contributed by atoms with E-state index in [1.807, 2.05) is 11.9 Å². The summed E-state index contributed by atoms with van der Waals surface area (Å²) in [6.45, 7) is 1.70. The van der Waals surface area contributed by atoms with Gasteiger partial charge < -0.3 is 14.5 Å². The lowest BCUT2D eigenvalue weighted by atomic mass is 10.1. The number of hydrogen-bond donors (Lipinski definition) is 0. The minimum atomic E-state index is -0.443. The van der Waals surface area contributed by atoms with Crippen LogP contribution in [0.2, 0.25) is 0 Å². The number of para-hydroxylation sites is 1. The topological polar surface area (TPSA) is 53.1 Å². The molecule has 0 bridgehead atoms. The van der Waals surface area contributed by atoms with Gasteiger partial charge >= 0.3 is 0 Å². The summed E-state index contributed by atoms with van der Waals surface area (Å²) >= 11 is 0. The molecule has 2 rings (SSSR count). The molecule has 1 aliphatic heterocycles. The molecule has 7 heteroatoms. The second-order valence-electron chi connectivity index (χ2n) is 6.10. The van der Waals surface area contributed by atoms with Crippen molar-refractivity contribution >= 4 is 11.8 Å². The molecule has 1 aromatic rings. The highest BCUT2D eigenvalue weighted by Crippen LogP contribution is 2.16. The molecule has 1 atom stereocenters. The Bertz CT molecular complexity index is 594. The van der Waals surface area contributed by atoms with Gasteiger partial charge in [0.15, 0.2) is 11.6 Å². The molecule has 24 heavy (non-hydrogen) atoms. The van der Waals surface area contributed by atoms with Crippen molar-refractivity contribution in [2.24, 2.45) is 0 Å². The predicted molar refractivity (Wildman–Crippen MR) is 88.2 cm³/mol. The van der Waals surface area contributed by atoms with Crippen LogP contribution in [-0.2, 0) is 9.59 Å². The predicted octanol–water partition coefficient (Wildman–Crippen LogP) is 0.825. The molecule has 0 N–H and O–H groups in total. The number of likely N-dealkylation sites (N-methyl/N-ethyl adjacent to an activating group) is 2. The standard InChI is InChI=1S/C17H24FN3O3/c1-19(2)17(23)14-12-21(10-9-20(14)3)16(22)8-11-24-15-7-5-4-6-13(15)18/h4-7,14H,8-12H2,1-3H3/t14-/m0/s1. The summed E-state index contributed by atoms with van der Waals surface area (Å²) in [6.07, 6.45) is 0.154. The third kappa shape index (κ3) is 4.44. The summed E-state index contributed by atoms with van der Waals surface area (Å²) in [5.41, 5.74) is 0. The van der Waals surface area contributed by atoms with Crippen molar-refractivity contribution in [3.05, 3.63) is 30.1 Å². The normalized spacial score (nSPS) is 18.3. The maximum Gasteiger partial charge on any atom is 0.241 e. The summed E-state index contributed by atoms with van der Waals surface area (Å²) in [6, 6.07) is 5.78. The Morgan fingerprint density at radius 1 is 1.29 bits per heavy atom. The SMILES string of the molecule is CN(C)C(=O)[C@@H]1CN(C(=O)CCOc2ccccc2F)CCN1C. The van der Waals surface area contributed by atoms with E-state index in [2.05, 4.69) is 0 Å². The van der Waals surface area contributed by atoms with Crippen molar-refractivity contribution in [3.63, 3.8) is 0 Å². The molecule has 1 heterocycles. The number of hydrogen-bond acceptors (Lipinski definition) is 4. The van der Waals surface area contributed by atoms with E-state index in [1.165, 1.54) is 17.0 Å². The molecule has 132 valence electrons. The molecule has 1 saturated heterocycles. The quantitative estimate of drug-likeness (QED) is 0.798. The van der Waals surface area contributed by atoms with Crippen LogP contribution < -0.4 is 4.74 Å². The van der Waals surface area contributed by atoms with Crippen molar-refractivity contribution in [2.75, 3.05) is 47.4 Å². The van der Waals surface area contributed by atoms with Gasteiger partial charge in [-0.3, -0.25) is 14.5 Å². The number of halogens is 1. The minimum absolute atomic E-state index is 0.0161. The Morgan fingerprint density at radius 2 is 2.00 bits per heavy atom. The molecule has 1 fully saturated rings. The lowest BCUT2D eigenvalue weighted by Crippen LogP contribution is -2.58. The van der Waals surface area contributed by atoms with E-state index in [-0.39, 0.29) is 36.6 Å². The number of carbonyl (C=O) groups is 2. The third-order valence-electron chi connectivity index (χ3n) is 4.14. The fourth-order valence-corrected chi connectivity index (χ4v) is 2.63. The Morgan fingerprint density at radius 3 is 2.67 bits per heavy atom. The van der Waals surface area contributed by atoms with Gasteiger partial charge in [-0.1, -0.05) is 12.1 Å². The van der Waals surface area contributed by atoms with Gasteiger partial charge in [-0.25, -0.2) is 4.39 Å². The summed E-state index contributed by atoms with van der Waals surface area (Å²) < 4.78 is 18.8. The minimum Gasteiger partial charge on any atom is -0.490 e. The van der Waals surface area contributed by atoms with Crippen LogP contribution in [0.4, 0.5) is 4.39 Å². The fourth-order valence-electron chi connectivity index (χ4n) is 2.63. The second kappa shape index (κ2) is 8.10. The highest BCUT2D eigenvalue weighted by molar-refractivity contribution is 5.83. The van der Waals surface area contributed by atoms with E-state index >= 15 is 0 Å². The first kappa shape index (κ1) is 18.2. The zero-order valence-electron chi connectivity index (χ0n) is 14.4. The van der Waals surface area contributed by atoms with Crippen molar-refractivity contribution in [1.82, 2.24) is 14.7 Å². The number of rotatable bonds is 5. The second-order valence-corrected chi connectivity index (χ2v) is 6.10. The lowest BCUT2D eigenvalue weighted by molar-refractivity contribution is -0.141. The number of benzene rings is 1. The molecule has 2 amide bonds. The zero-order chi connectivity index (χ0) is 17.7. The van der Waals surface area contributed by atoms with Crippen LogP contribution in [0, 0.1) is 5.82 Å². The average Bonchev–Trinajstić information content (AvgIpc) is 2.56. The van der Waals surface area contributed by atoms with Gasteiger partial charge in [-0.15, -0.1) is 0 Å². The van der Waals surface area contributed by atoms with Gasteiger partial charge in [0.25, 0.3) is 0 Å². The molecule has 0 unspecified atom stereocenters. The summed E-state index contributed by atoms with van der Waals surface area (Å²) in [4.78, 5) is 29.7. The highest BCUT2D eigenvalue weighted by Gasteiger charge is 2.32. The van der Waals surface area contributed by atoms with Crippen LogP contribution in [0.15, 0.2) is 24.3 Å². The Kier molecular flexibility index (Phi) is 6.14. The molecule has 0 spiro atoms. The summed E-state index contributed by atoms with van der Waals surface area (Å²) in [5.74, 6) is -0.404. The van der Waals surface area contributed by atoms with Crippen LogP contribution in [0.1, 0.15) is 6.42 Å². The molecule has 0 aromatic heterocycles. The Hall–Kier alpha value is -2.15. The zero-order valence-corrected chi connectivity index (χ0v) is 14.4. The van der Waals surface area contributed by atoms with Gasteiger partial charge in [0.05, 0.1) is 13.0 Å². The summed E-state index contributed by atoms with van der Waals surface area (Å²) in [7, 11) is 5.30. The van der Waals surface area contributed by atoms with E-state index in [0.717, 1.165) is 0 Å². The number of nitrogens with zero attached hydrogens (tertiary/aromatic N) is 3. The van der Waals surface area contributed by atoms with Crippen molar-refractivity contribution in [3.8, 4) is 5.75 Å². The monoisotopic (exact) mass is 337 g/mol. The van der Waals surface area contributed by atoms with Crippen LogP contribution in [0.5, 0.6) is 5.75 Å². The maximum absolute atomic E-state index is 13.5. The number of piperazine rings is 1. The number of carbonyl (C=O) groups excluding carboxylic acids is 2. The van der Waals surface area contributed by atoms with Crippen LogP contribution >= 0.6 is 0 Å². The molecule has 0 aliphatic carbocycles. The van der Waals surface area contributed by atoms with Gasteiger partial charge in [0.2, 0.25) is 11.8 Å². The van der Waals surface area contributed by atoms with E-state index in [4.69, 9.17) is 4.74 Å². The van der Waals surface area contributed by atoms with Gasteiger partial charge in [0.1, 0.15) is 6.04 Å². The van der Waals surface area contributed by atoms with Crippen LogP contribution in [0.25, 0.3) is 0 Å². The Balaban J connectivity index is 1.86. The molecule has 6 nitrogen and oxygen atoms in total. The van der Waals surface area contributed by atoms with Gasteiger partial charge in [0, 0.05) is 33.7 Å². The molecule has 0 saturated carbocycles. The van der Waals surface area contributed by atoms with E-state index in [1.54, 1.807) is 31.1 Å². The van der Waals surface area contributed by atoms with Crippen LogP contribution in [-0.4, -0.2) is 79.9 Å². The van der Waals surface area contributed by atoms with E-state index in [0.29, 0.717) is 19.6 Å². The largest absolute Gasteiger partial charge is 0.490 e.